The largest absolute Gasteiger partial charge is 0.332 e. The van der Waals surface area contributed by atoms with E-state index >= 15 is 0 Å². The summed E-state index contributed by atoms with van der Waals surface area (Å²) in [7, 11) is -3.80. The summed E-state index contributed by atoms with van der Waals surface area (Å²) in [6.07, 6.45) is 4.77. The van der Waals surface area contributed by atoms with E-state index in [2.05, 4.69) is 46.4 Å². The van der Waals surface area contributed by atoms with Crippen LogP contribution in [-0.2, 0) is 16.6 Å². The lowest BCUT2D eigenvalue weighted by Crippen LogP contribution is -2.20. The molecule has 2 aromatic heterocycles. The minimum absolute atomic E-state index is 0.00431. The molecule has 4 rings (SSSR count). The van der Waals surface area contributed by atoms with Crippen molar-refractivity contribution in [2.24, 2.45) is 0 Å². The number of halogens is 1. The number of hydrogen-bond donors (Lipinski definition) is 3. The SMILES string of the molecule is O=S(=O)(Nc1ncccn1)c1ccc(NC(=S)Nc2ccn(Cc3ccc(Br)cc3)n2)cc1. The van der Waals surface area contributed by atoms with Gasteiger partial charge in [0.15, 0.2) is 10.9 Å². The number of nitrogens with one attached hydrogen (secondary N) is 3. The lowest BCUT2D eigenvalue weighted by molar-refractivity contribution is 0.601. The zero-order chi connectivity index (χ0) is 23.3. The highest BCUT2D eigenvalue weighted by molar-refractivity contribution is 9.10. The van der Waals surface area contributed by atoms with E-state index in [1.165, 1.54) is 24.5 Å². The Labute approximate surface area is 204 Å². The number of sulfonamides is 1. The summed E-state index contributed by atoms with van der Waals surface area (Å²) in [6.45, 7) is 0.632. The molecule has 9 nitrogen and oxygen atoms in total. The molecule has 0 unspecified atom stereocenters. The third kappa shape index (κ3) is 6.34. The second-order valence-corrected chi connectivity index (χ2v) is 9.81. The lowest BCUT2D eigenvalue weighted by Gasteiger charge is -2.10. The minimum Gasteiger partial charge on any atom is -0.332 e. The van der Waals surface area contributed by atoms with Gasteiger partial charge in [-0.2, -0.15) is 5.10 Å². The lowest BCUT2D eigenvalue weighted by atomic mass is 10.2. The summed E-state index contributed by atoms with van der Waals surface area (Å²) < 4.78 is 30.1. The average Bonchev–Trinajstić information content (AvgIpc) is 3.22. The monoisotopic (exact) mass is 543 g/mol. The van der Waals surface area contributed by atoms with Crippen LogP contribution in [0.4, 0.5) is 17.5 Å². The van der Waals surface area contributed by atoms with E-state index in [1.54, 1.807) is 22.9 Å². The number of aromatic nitrogens is 4. The van der Waals surface area contributed by atoms with Crippen LogP contribution in [0.3, 0.4) is 0 Å². The Kier molecular flexibility index (Phi) is 6.96. The van der Waals surface area contributed by atoms with Crippen LogP contribution in [0.15, 0.2) is 88.6 Å². The molecule has 168 valence electrons. The summed E-state index contributed by atoms with van der Waals surface area (Å²) in [4.78, 5) is 7.81. The number of benzene rings is 2. The van der Waals surface area contributed by atoms with E-state index in [0.29, 0.717) is 23.2 Å². The quantitative estimate of drug-likeness (QED) is 0.298. The molecule has 12 heteroatoms. The Morgan fingerprint density at radius 3 is 2.36 bits per heavy atom. The summed E-state index contributed by atoms with van der Waals surface area (Å²) >= 11 is 8.76. The molecule has 0 saturated heterocycles. The smallest absolute Gasteiger partial charge is 0.264 e. The fourth-order valence-electron chi connectivity index (χ4n) is 2.82. The normalized spacial score (nSPS) is 11.1. The Balaban J connectivity index is 1.33. The maximum atomic E-state index is 12.5. The number of hydrogen-bond acceptors (Lipinski definition) is 6. The highest BCUT2D eigenvalue weighted by Crippen LogP contribution is 2.17. The van der Waals surface area contributed by atoms with Crippen LogP contribution in [0.2, 0.25) is 0 Å². The van der Waals surface area contributed by atoms with Crippen LogP contribution in [0.5, 0.6) is 0 Å². The van der Waals surface area contributed by atoms with Crippen molar-refractivity contribution in [2.45, 2.75) is 11.4 Å². The minimum atomic E-state index is -3.80. The number of anilines is 3. The van der Waals surface area contributed by atoms with Gasteiger partial charge < -0.3 is 10.6 Å². The molecule has 0 aliphatic rings. The van der Waals surface area contributed by atoms with E-state index in [4.69, 9.17) is 12.2 Å². The van der Waals surface area contributed by atoms with Gasteiger partial charge >= 0.3 is 0 Å². The molecular formula is C21H18BrN7O2S2. The molecule has 0 amide bonds. The second kappa shape index (κ2) is 10.1. The second-order valence-electron chi connectivity index (χ2n) is 6.81. The van der Waals surface area contributed by atoms with Crippen LogP contribution >= 0.6 is 28.1 Å². The fraction of sp³-hybridized carbons (Fsp3) is 0.0476. The van der Waals surface area contributed by atoms with Crippen LogP contribution in [0, 0.1) is 0 Å². The molecule has 0 bridgehead atoms. The zero-order valence-corrected chi connectivity index (χ0v) is 20.2. The van der Waals surface area contributed by atoms with Gasteiger partial charge in [0.25, 0.3) is 10.0 Å². The van der Waals surface area contributed by atoms with Gasteiger partial charge in [0, 0.05) is 34.8 Å². The van der Waals surface area contributed by atoms with Gasteiger partial charge in [-0.05, 0) is 60.2 Å². The summed E-state index contributed by atoms with van der Waals surface area (Å²) in [6, 6.07) is 17.6. The fourth-order valence-corrected chi connectivity index (χ4v) is 4.27. The average molecular weight is 544 g/mol. The first kappa shape index (κ1) is 22.8. The third-order valence-electron chi connectivity index (χ3n) is 4.35. The molecule has 33 heavy (non-hydrogen) atoms. The molecule has 2 heterocycles. The van der Waals surface area contributed by atoms with Gasteiger partial charge in [0.2, 0.25) is 5.95 Å². The van der Waals surface area contributed by atoms with E-state index in [9.17, 15) is 8.42 Å². The molecule has 2 aromatic carbocycles. The Bertz CT molecular complexity index is 1340. The van der Waals surface area contributed by atoms with Gasteiger partial charge in [0.1, 0.15) is 0 Å². The van der Waals surface area contributed by atoms with Crippen molar-refractivity contribution >= 4 is 60.7 Å². The predicted molar refractivity (Wildman–Crippen MR) is 135 cm³/mol. The molecule has 0 aliphatic heterocycles. The van der Waals surface area contributed by atoms with Crippen LogP contribution in [-0.4, -0.2) is 33.3 Å². The van der Waals surface area contributed by atoms with Crippen molar-refractivity contribution in [1.29, 1.82) is 0 Å². The van der Waals surface area contributed by atoms with Crippen molar-refractivity contribution in [3.8, 4) is 0 Å². The summed E-state index contributed by atoms with van der Waals surface area (Å²) in [5.74, 6) is 0.598. The summed E-state index contributed by atoms with van der Waals surface area (Å²) in [5.41, 5.74) is 1.74. The van der Waals surface area contributed by atoms with E-state index < -0.39 is 10.0 Å². The van der Waals surface area contributed by atoms with Crippen molar-refractivity contribution in [2.75, 3.05) is 15.4 Å². The van der Waals surface area contributed by atoms with Gasteiger partial charge in [-0.25, -0.2) is 23.1 Å². The molecule has 0 atom stereocenters. The molecule has 0 aliphatic carbocycles. The standard InChI is InChI=1S/C21H18BrN7O2S2/c22-16-4-2-15(3-5-16)14-29-13-10-19(27-29)26-21(32)25-17-6-8-18(9-7-17)33(30,31)28-20-23-11-1-12-24-20/h1-13H,14H2,(H,23,24,28)(H2,25,26,27,32). The number of nitrogens with zero attached hydrogens (tertiary/aromatic N) is 4. The number of thiocarbonyl (C=S) groups is 1. The third-order valence-corrected chi connectivity index (χ3v) is 6.43. The van der Waals surface area contributed by atoms with Gasteiger partial charge in [-0.15, -0.1) is 0 Å². The van der Waals surface area contributed by atoms with Crippen molar-refractivity contribution < 1.29 is 8.42 Å². The van der Waals surface area contributed by atoms with Crippen LogP contribution in [0.25, 0.3) is 0 Å². The predicted octanol–water partition coefficient (Wildman–Crippen LogP) is 4.09. The zero-order valence-electron chi connectivity index (χ0n) is 17.0. The van der Waals surface area contributed by atoms with Gasteiger partial charge in [0.05, 0.1) is 11.4 Å². The van der Waals surface area contributed by atoms with Gasteiger partial charge in [-0.1, -0.05) is 28.1 Å². The maximum absolute atomic E-state index is 12.5. The van der Waals surface area contributed by atoms with Crippen molar-refractivity contribution in [1.82, 2.24) is 19.7 Å². The topological polar surface area (TPSA) is 114 Å². The first-order valence-corrected chi connectivity index (χ1v) is 12.3. The summed E-state index contributed by atoms with van der Waals surface area (Å²) in [5, 5.41) is 10.8. The van der Waals surface area contributed by atoms with E-state index in [-0.39, 0.29) is 10.8 Å². The number of rotatable bonds is 7. The molecule has 4 aromatic rings. The van der Waals surface area contributed by atoms with Crippen molar-refractivity contribution in [3.05, 3.63) is 89.3 Å². The first-order chi connectivity index (χ1) is 15.9. The molecule has 0 saturated carbocycles. The Morgan fingerprint density at radius 2 is 1.67 bits per heavy atom. The Morgan fingerprint density at radius 1 is 0.970 bits per heavy atom. The van der Waals surface area contributed by atoms with Crippen molar-refractivity contribution in [3.63, 3.8) is 0 Å². The molecule has 0 spiro atoms. The maximum Gasteiger partial charge on any atom is 0.264 e. The molecular weight excluding hydrogens is 526 g/mol. The van der Waals surface area contributed by atoms with Gasteiger partial charge in [-0.3, -0.25) is 4.68 Å². The molecule has 0 fully saturated rings. The molecule has 0 radical (unpaired) electrons. The highest BCUT2D eigenvalue weighted by Gasteiger charge is 2.15. The van der Waals surface area contributed by atoms with Crippen LogP contribution < -0.4 is 15.4 Å². The Hall–Kier alpha value is -3.35. The van der Waals surface area contributed by atoms with Crippen LogP contribution in [0.1, 0.15) is 5.56 Å². The molecule has 3 N–H and O–H groups in total. The highest BCUT2D eigenvalue weighted by atomic mass is 79.9. The van der Waals surface area contributed by atoms with E-state index in [1.807, 2.05) is 36.5 Å². The first-order valence-electron chi connectivity index (χ1n) is 9.63. The van der Waals surface area contributed by atoms with E-state index in [0.717, 1.165) is 10.0 Å².